The Morgan fingerprint density at radius 2 is 1.76 bits per heavy atom. The lowest BCUT2D eigenvalue weighted by Gasteiger charge is -2.20. The average molecular weight is 300 g/mol. The molecule has 0 saturated heterocycles. The highest BCUT2D eigenvalue weighted by Crippen LogP contribution is 2.20. The summed E-state index contributed by atoms with van der Waals surface area (Å²) in [5, 5.41) is 11.9. The summed E-state index contributed by atoms with van der Waals surface area (Å²) in [7, 11) is 0. The summed E-state index contributed by atoms with van der Waals surface area (Å²) in [6.07, 6.45) is 2.76. The van der Waals surface area contributed by atoms with Crippen molar-refractivity contribution in [2.24, 2.45) is 29.4 Å². The second kappa shape index (κ2) is 10.6. The highest BCUT2D eigenvalue weighted by Gasteiger charge is 2.20. The van der Waals surface area contributed by atoms with Crippen LogP contribution in [0.4, 0.5) is 0 Å². The minimum absolute atomic E-state index is 0.0623. The summed E-state index contributed by atoms with van der Waals surface area (Å²) >= 11 is 0. The lowest BCUT2D eigenvalue weighted by Crippen LogP contribution is -2.34. The third kappa shape index (κ3) is 9.45. The molecule has 0 rings (SSSR count). The molecule has 2 unspecified atom stereocenters. The minimum atomic E-state index is -0.841. The molecule has 0 aromatic carbocycles. The summed E-state index contributed by atoms with van der Waals surface area (Å²) in [5.74, 6) is -0.141. The van der Waals surface area contributed by atoms with E-state index < -0.39 is 11.9 Å². The van der Waals surface area contributed by atoms with Gasteiger partial charge < -0.3 is 16.2 Å². The van der Waals surface area contributed by atoms with E-state index in [1.807, 2.05) is 13.8 Å². The van der Waals surface area contributed by atoms with Crippen LogP contribution in [0.3, 0.4) is 0 Å². The van der Waals surface area contributed by atoms with E-state index in [-0.39, 0.29) is 12.5 Å². The molecule has 0 aliphatic carbocycles. The first kappa shape index (κ1) is 19.9. The van der Waals surface area contributed by atoms with Crippen LogP contribution in [0, 0.1) is 23.7 Å². The van der Waals surface area contributed by atoms with Crippen LogP contribution in [0.15, 0.2) is 0 Å². The van der Waals surface area contributed by atoms with Crippen molar-refractivity contribution in [2.75, 3.05) is 13.1 Å². The SMILES string of the molecule is CC(C)CC(CNC(=O)CCC(CCN)C(C)C)C(=O)O. The molecule has 124 valence electrons. The van der Waals surface area contributed by atoms with Crippen LogP contribution >= 0.6 is 0 Å². The fourth-order valence-electron chi connectivity index (χ4n) is 2.51. The molecular weight excluding hydrogens is 268 g/mol. The highest BCUT2D eigenvalue weighted by atomic mass is 16.4. The second-order valence-corrected chi connectivity index (χ2v) is 6.59. The number of carbonyl (C=O) groups is 2. The van der Waals surface area contributed by atoms with E-state index in [0.717, 1.165) is 12.8 Å². The number of amides is 1. The lowest BCUT2D eigenvalue weighted by molar-refractivity contribution is -0.142. The van der Waals surface area contributed by atoms with Gasteiger partial charge >= 0.3 is 5.97 Å². The molecule has 0 heterocycles. The third-order valence-corrected chi connectivity index (χ3v) is 3.87. The maximum Gasteiger partial charge on any atom is 0.308 e. The molecule has 0 aliphatic heterocycles. The summed E-state index contributed by atoms with van der Waals surface area (Å²) < 4.78 is 0. The van der Waals surface area contributed by atoms with Gasteiger partial charge in [-0.1, -0.05) is 27.7 Å². The number of hydrogen-bond acceptors (Lipinski definition) is 3. The molecule has 0 spiro atoms. The Labute approximate surface area is 128 Å². The first-order chi connectivity index (χ1) is 9.77. The number of nitrogens with two attached hydrogens (primary N) is 1. The van der Waals surface area contributed by atoms with E-state index >= 15 is 0 Å². The fraction of sp³-hybridized carbons (Fsp3) is 0.875. The first-order valence-electron chi connectivity index (χ1n) is 7.97. The molecule has 4 N–H and O–H groups in total. The van der Waals surface area contributed by atoms with E-state index in [4.69, 9.17) is 10.8 Å². The van der Waals surface area contributed by atoms with Gasteiger partial charge in [-0.2, -0.15) is 0 Å². The molecule has 0 aromatic heterocycles. The van der Waals surface area contributed by atoms with Crippen LogP contribution < -0.4 is 11.1 Å². The molecule has 0 radical (unpaired) electrons. The summed E-state index contributed by atoms with van der Waals surface area (Å²) in [6, 6.07) is 0. The van der Waals surface area contributed by atoms with Crippen LogP contribution in [-0.2, 0) is 9.59 Å². The number of rotatable bonds is 11. The first-order valence-corrected chi connectivity index (χ1v) is 7.97. The number of aliphatic carboxylic acids is 1. The Morgan fingerprint density at radius 3 is 2.19 bits per heavy atom. The molecule has 5 heteroatoms. The van der Waals surface area contributed by atoms with Crippen molar-refractivity contribution in [3.8, 4) is 0 Å². The maximum absolute atomic E-state index is 11.9. The zero-order valence-electron chi connectivity index (χ0n) is 13.9. The quantitative estimate of drug-likeness (QED) is 0.545. The van der Waals surface area contributed by atoms with Crippen LogP contribution in [0.25, 0.3) is 0 Å². The van der Waals surface area contributed by atoms with E-state index in [9.17, 15) is 9.59 Å². The predicted octanol–water partition coefficient (Wildman–Crippen LogP) is 2.25. The topological polar surface area (TPSA) is 92.4 Å². The van der Waals surface area contributed by atoms with E-state index in [0.29, 0.717) is 37.1 Å². The largest absolute Gasteiger partial charge is 0.481 e. The number of carboxylic acid groups (broad SMARTS) is 1. The molecule has 0 saturated carbocycles. The standard InChI is InChI=1S/C16H32N2O3/c1-11(2)9-14(16(20)21)10-18-15(19)6-5-13(7-8-17)12(3)4/h11-14H,5-10,17H2,1-4H3,(H,18,19)(H,20,21). The van der Waals surface area contributed by atoms with Gasteiger partial charge in [0.05, 0.1) is 5.92 Å². The van der Waals surface area contributed by atoms with Gasteiger partial charge in [0.15, 0.2) is 0 Å². The Bertz CT molecular complexity index is 317. The smallest absolute Gasteiger partial charge is 0.308 e. The number of nitrogens with one attached hydrogen (secondary N) is 1. The van der Waals surface area contributed by atoms with Crippen molar-refractivity contribution >= 4 is 11.9 Å². The van der Waals surface area contributed by atoms with Crippen LogP contribution in [0.1, 0.15) is 53.4 Å². The Hall–Kier alpha value is -1.10. The van der Waals surface area contributed by atoms with Crippen molar-refractivity contribution in [3.63, 3.8) is 0 Å². The van der Waals surface area contributed by atoms with Crippen molar-refractivity contribution in [1.82, 2.24) is 5.32 Å². The third-order valence-electron chi connectivity index (χ3n) is 3.87. The van der Waals surface area contributed by atoms with Gasteiger partial charge in [-0.05, 0) is 43.6 Å². The van der Waals surface area contributed by atoms with Gasteiger partial charge in [0.2, 0.25) is 5.91 Å². The Kier molecular flexibility index (Phi) is 10.0. The number of carboxylic acids is 1. The summed E-state index contributed by atoms with van der Waals surface area (Å²) in [5.41, 5.74) is 5.59. The van der Waals surface area contributed by atoms with Crippen LogP contribution in [0.5, 0.6) is 0 Å². The monoisotopic (exact) mass is 300 g/mol. The normalized spacial score (nSPS) is 14.2. The van der Waals surface area contributed by atoms with Gasteiger partial charge in [0.25, 0.3) is 0 Å². The van der Waals surface area contributed by atoms with Crippen LogP contribution in [-0.4, -0.2) is 30.1 Å². The number of carbonyl (C=O) groups excluding carboxylic acids is 1. The highest BCUT2D eigenvalue weighted by molar-refractivity contribution is 5.77. The molecule has 0 fully saturated rings. The molecule has 5 nitrogen and oxygen atoms in total. The van der Waals surface area contributed by atoms with E-state index in [1.54, 1.807) is 0 Å². The Morgan fingerprint density at radius 1 is 1.14 bits per heavy atom. The molecule has 0 aliphatic rings. The summed E-state index contributed by atoms with van der Waals surface area (Å²) in [6.45, 7) is 9.10. The van der Waals surface area contributed by atoms with Crippen molar-refractivity contribution in [2.45, 2.75) is 53.4 Å². The minimum Gasteiger partial charge on any atom is -0.481 e. The molecule has 21 heavy (non-hydrogen) atoms. The van der Waals surface area contributed by atoms with E-state index in [2.05, 4.69) is 19.2 Å². The summed E-state index contributed by atoms with van der Waals surface area (Å²) in [4.78, 5) is 23.0. The van der Waals surface area contributed by atoms with Gasteiger partial charge in [0.1, 0.15) is 0 Å². The van der Waals surface area contributed by atoms with Gasteiger partial charge in [0, 0.05) is 13.0 Å². The van der Waals surface area contributed by atoms with Crippen molar-refractivity contribution < 1.29 is 14.7 Å². The Balaban J connectivity index is 4.15. The molecule has 0 aromatic rings. The zero-order chi connectivity index (χ0) is 16.4. The average Bonchev–Trinajstić information content (AvgIpc) is 2.38. The van der Waals surface area contributed by atoms with E-state index in [1.165, 1.54) is 0 Å². The van der Waals surface area contributed by atoms with Gasteiger partial charge in [-0.15, -0.1) is 0 Å². The lowest BCUT2D eigenvalue weighted by atomic mass is 9.88. The van der Waals surface area contributed by atoms with Crippen LogP contribution in [0.2, 0.25) is 0 Å². The van der Waals surface area contributed by atoms with Gasteiger partial charge in [-0.25, -0.2) is 0 Å². The predicted molar refractivity (Wildman–Crippen MR) is 84.8 cm³/mol. The van der Waals surface area contributed by atoms with Crippen molar-refractivity contribution in [3.05, 3.63) is 0 Å². The molecule has 2 atom stereocenters. The molecule has 1 amide bonds. The molecule has 0 bridgehead atoms. The fourth-order valence-corrected chi connectivity index (χ4v) is 2.51. The molecular formula is C16H32N2O3. The maximum atomic E-state index is 11.9. The van der Waals surface area contributed by atoms with Gasteiger partial charge in [-0.3, -0.25) is 9.59 Å². The zero-order valence-corrected chi connectivity index (χ0v) is 13.9. The van der Waals surface area contributed by atoms with Crippen molar-refractivity contribution in [1.29, 1.82) is 0 Å². The number of hydrogen-bond donors (Lipinski definition) is 3. The second-order valence-electron chi connectivity index (χ2n) is 6.59.